The average molecular weight is 1070 g/mol. The molecule has 2 saturated heterocycles. The molecule has 7 amide bonds. The molecule has 3 aromatic carbocycles. The predicted molar refractivity (Wildman–Crippen MR) is 273 cm³/mol. The van der Waals surface area contributed by atoms with Crippen LogP contribution in [-0.2, 0) is 64.0 Å². The maximum absolute atomic E-state index is 13.9. The van der Waals surface area contributed by atoms with E-state index in [2.05, 4.69) is 36.0 Å². The van der Waals surface area contributed by atoms with Crippen molar-refractivity contribution in [2.45, 2.75) is 87.4 Å². The Bertz CT molecular complexity index is 2820. The van der Waals surface area contributed by atoms with Crippen molar-refractivity contribution in [3.63, 3.8) is 0 Å². The number of hydrazine groups is 1. The number of ketones is 2. The molecule has 0 spiro atoms. The molecule has 402 valence electrons. The van der Waals surface area contributed by atoms with Crippen LogP contribution in [-0.4, -0.2) is 167 Å². The van der Waals surface area contributed by atoms with Crippen LogP contribution in [0, 0.1) is 0 Å². The standard InChI is InChI=1S/C30H32N4O6.C21H26N6O8S/c1-20(36)13-24(18-35)32-28(37)17-34-27-10-6-5-9-26(27)33(29(38)19-40-2)16-25(30(34)39)31-15-21-11-12-22-7-3-4-8-23(22)14-21;1-35-21(34)25-12-5-6-16(29)26-9-2-4-14(27(26)19(12)33)18(32)24-13(10-17(30)31)15(28)11-36-20-22-7-3-8-23-20/h3-12,14,18,24-25,31H,13,15-17,19H2,1-2H3,(H,32,37);3,7-8,12-14H,2,4-6,9-11H2,1H3,(H,24,32)(H,25,34)(H,30,31)/t24-,25?;12-,13-,14-/m00/s1. The van der Waals surface area contributed by atoms with Crippen molar-refractivity contribution in [3.8, 4) is 0 Å². The van der Waals surface area contributed by atoms with Crippen LogP contribution in [0.25, 0.3) is 10.8 Å². The van der Waals surface area contributed by atoms with Gasteiger partial charge >= 0.3 is 12.1 Å². The first-order chi connectivity index (χ1) is 36.5. The van der Waals surface area contributed by atoms with Crippen molar-refractivity contribution >= 4 is 99.3 Å². The maximum Gasteiger partial charge on any atom is 0.407 e. The number of hydrogen-bond donors (Lipinski definition) is 5. The monoisotopic (exact) mass is 1070 g/mol. The number of fused-ring (bicyclic) bond motifs is 3. The summed E-state index contributed by atoms with van der Waals surface area (Å²) in [6.45, 7) is 1.30. The number of aromatic nitrogens is 2. The topological polar surface area (TPSA) is 313 Å². The Hall–Kier alpha value is -8.16. The highest BCUT2D eigenvalue weighted by Gasteiger charge is 2.45. The van der Waals surface area contributed by atoms with E-state index in [1.165, 1.54) is 41.2 Å². The van der Waals surface area contributed by atoms with Gasteiger partial charge in [0.15, 0.2) is 10.9 Å². The number of para-hydroxylation sites is 2. The molecule has 4 heterocycles. The summed E-state index contributed by atoms with van der Waals surface area (Å²) in [6.07, 6.45) is 2.37. The fraction of sp³-hybridized carbons (Fsp3) is 0.392. The number of ether oxygens (including phenoxy) is 2. The number of methoxy groups -OCH3 is 2. The molecule has 0 aliphatic carbocycles. The zero-order chi connectivity index (χ0) is 54.9. The van der Waals surface area contributed by atoms with Crippen LogP contribution in [0.15, 0.2) is 90.3 Å². The van der Waals surface area contributed by atoms with Gasteiger partial charge < -0.3 is 45.5 Å². The van der Waals surface area contributed by atoms with Crippen LogP contribution in [0.4, 0.5) is 16.2 Å². The number of aliphatic carboxylic acids is 1. The molecular formula is C51H58N10O14S. The lowest BCUT2D eigenvalue weighted by molar-refractivity contribution is -0.176. The van der Waals surface area contributed by atoms with E-state index in [9.17, 15) is 57.8 Å². The lowest BCUT2D eigenvalue weighted by atomic mass is 10.0. The summed E-state index contributed by atoms with van der Waals surface area (Å²) >= 11 is 0.991. The van der Waals surface area contributed by atoms with Crippen molar-refractivity contribution in [1.82, 2.24) is 41.3 Å². The smallest absolute Gasteiger partial charge is 0.407 e. The molecule has 3 aliphatic heterocycles. The first-order valence-electron chi connectivity index (χ1n) is 24.1. The van der Waals surface area contributed by atoms with Gasteiger partial charge in [-0.15, -0.1) is 0 Å². The van der Waals surface area contributed by atoms with Crippen molar-refractivity contribution in [3.05, 3.63) is 90.8 Å². The summed E-state index contributed by atoms with van der Waals surface area (Å²) in [6, 6.07) is 16.9. The Balaban J connectivity index is 0.000000248. The number of anilines is 2. The van der Waals surface area contributed by atoms with Gasteiger partial charge in [-0.2, -0.15) is 0 Å². The molecule has 25 heteroatoms. The van der Waals surface area contributed by atoms with Crippen LogP contribution in [0.3, 0.4) is 0 Å². The Morgan fingerprint density at radius 2 is 1.57 bits per heavy atom. The number of thioether (sulfide) groups is 1. The second kappa shape index (κ2) is 27.4. The number of carboxylic acid groups (broad SMARTS) is 1. The molecule has 0 saturated carbocycles. The van der Waals surface area contributed by atoms with Gasteiger partial charge in [0, 0.05) is 45.4 Å². The van der Waals surface area contributed by atoms with Crippen LogP contribution >= 0.6 is 11.8 Å². The summed E-state index contributed by atoms with van der Waals surface area (Å²) in [5.41, 5.74) is 1.78. The first kappa shape index (κ1) is 57.1. The summed E-state index contributed by atoms with van der Waals surface area (Å²) < 4.78 is 9.64. The molecule has 2 fully saturated rings. The number of carboxylic acids is 1. The highest BCUT2D eigenvalue weighted by Crippen LogP contribution is 2.33. The molecule has 24 nitrogen and oxygen atoms in total. The van der Waals surface area contributed by atoms with Gasteiger partial charge in [-0.1, -0.05) is 60.3 Å². The van der Waals surface area contributed by atoms with E-state index in [0.29, 0.717) is 35.8 Å². The Morgan fingerprint density at radius 3 is 2.25 bits per heavy atom. The van der Waals surface area contributed by atoms with Crippen LogP contribution in [0.1, 0.15) is 51.0 Å². The Morgan fingerprint density at radius 1 is 0.855 bits per heavy atom. The van der Waals surface area contributed by atoms with Crippen molar-refractivity contribution in [2.75, 3.05) is 56.0 Å². The lowest BCUT2D eigenvalue weighted by Crippen LogP contribution is -2.64. The van der Waals surface area contributed by atoms with Crippen molar-refractivity contribution < 1.29 is 67.3 Å². The van der Waals surface area contributed by atoms with E-state index in [-0.39, 0.29) is 62.8 Å². The maximum atomic E-state index is 13.9. The van der Waals surface area contributed by atoms with E-state index in [0.717, 1.165) is 40.2 Å². The normalized spacial score (nSPS) is 18.0. The number of nitrogens with zero attached hydrogens (tertiary/aromatic N) is 6. The zero-order valence-corrected chi connectivity index (χ0v) is 42.7. The second-order valence-corrected chi connectivity index (χ2v) is 18.7. The fourth-order valence-electron chi connectivity index (χ4n) is 8.66. The first-order valence-corrected chi connectivity index (χ1v) is 25.1. The Kier molecular flexibility index (Phi) is 20.6. The molecular weight excluding hydrogens is 1010 g/mol. The number of carbonyl (C=O) groups excluding carboxylic acids is 10. The van der Waals surface area contributed by atoms with E-state index >= 15 is 0 Å². The highest BCUT2D eigenvalue weighted by atomic mass is 32.2. The summed E-state index contributed by atoms with van der Waals surface area (Å²) in [5, 5.41) is 24.5. The molecule has 5 atom stereocenters. The van der Waals surface area contributed by atoms with E-state index in [1.54, 1.807) is 30.3 Å². The molecule has 4 aromatic rings. The summed E-state index contributed by atoms with van der Waals surface area (Å²) in [4.78, 5) is 149. The van der Waals surface area contributed by atoms with Gasteiger partial charge in [0.25, 0.3) is 11.8 Å². The SMILES string of the molecule is COC(=O)N[C@H]1CCC(=O)N2CCC[C@@H](C(=O)N[C@@H](CC(=O)O)C(=O)CSc3ncccn3)N2C1=O.COCC(=O)N1CC(NCc2ccc3ccccc3c2)C(=O)N(CC(=O)N[C@H](C=O)CC(C)=O)c2ccccc21. The number of alkyl carbamates (subject to hydrolysis) is 1. The third-order valence-corrected chi connectivity index (χ3v) is 13.2. The van der Waals surface area contributed by atoms with Crippen LogP contribution < -0.4 is 31.1 Å². The summed E-state index contributed by atoms with van der Waals surface area (Å²) in [7, 11) is 2.55. The number of Topliss-reactive ketones (excluding diaryl/α,β-unsaturated/α-hetero) is 2. The average Bonchev–Trinajstić information content (AvgIpc) is 3.61. The van der Waals surface area contributed by atoms with Gasteiger partial charge in [-0.3, -0.25) is 53.1 Å². The number of rotatable bonds is 20. The Labute approximate surface area is 440 Å². The molecule has 76 heavy (non-hydrogen) atoms. The fourth-order valence-corrected chi connectivity index (χ4v) is 9.40. The zero-order valence-electron chi connectivity index (χ0n) is 41.9. The second-order valence-electron chi connectivity index (χ2n) is 17.7. The van der Waals surface area contributed by atoms with E-state index < -0.39 is 90.6 Å². The van der Waals surface area contributed by atoms with Gasteiger partial charge in [0.2, 0.25) is 23.6 Å². The minimum atomic E-state index is -1.37. The number of amides is 7. The third kappa shape index (κ3) is 15.2. The van der Waals surface area contributed by atoms with Crippen molar-refractivity contribution in [1.29, 1.82) is 0 Å². The molecule has 3 aliphatic rings. The van der Waals surface area contributed by atoms with E-state index in [1.807, 2.05) is 42.5 Å². The molecule has 7 rings (SSSR count). The number of hydrogen-bond acceptors (Lipinski definition) is 17. The van der Waals surface area contributed by atoms with Gasteiger partial charge in [0.1, 0.15) is 43.3 Å². The molecule has 5 N–H and O–H groups in total. The predicted octanol–water partition coefficient (Wildman–Crippen LogP) is 1.34. The van der Waals surface area contributed by atoms with Gasteiger partial charge in [0.05, 0.1) is 49.3 Å². The lowest BCUT2D eigenvalue weighted by Gasteiger charge is -2.43. The van der Waals surface area contributed by atoms with E-state index in [4.69, 9.17) is 4.74 Å². The molecule has 0 radical (unpaired) electrons. The largest absolute Gasteiger partial charge is 0.481 e. The summed E-state index contributed by atoms with van der Waals surface area (Å²) in [5.74, 6) is -5.52. The third-order valence-electron chi connectivity index (χ3n) is 12.3. The number of nitrogens with one attached hydrogen (secondary N) is 4. The molecule has 0 bridgehead atoms. The quantitative estimate of drug-likeness (QED) is 0.0474. The van der Waals surface area contributed by atoms with Crippen molar-refractivity contribution in [2.24, 2.45) is 0 Å². The molecule has 1 aromatic heterocycles. The van der Waals surface area contributed by atoms with Crippen LogP contribution in [0.5, 0.6) is 0 Å². The number of carbonyl (C=O) groups is 11. The number of aldehydes is 1. The van der Waals surface area contributed by atoms with Gasteiger partial charge in [-0.25, -0.2) is 19.8 Å². The number of benzene rings is 3. The van der Waals surface area contributed by atoms with Crippen LogP contribution in [0.2, 0.25) is 0 Å². The minimum Gasteiger partial charge on any atom is -0.481 e. The van der Waals surface area contributed by atoms with Gasteiger partial charge in [-0.05, 0) is 66.8 Å². The minimum absolute atomic E-state index is 0.0189. The molecule has 1 unspecified atom stereocenters. The highest BCUT2D eigenvalue weighted by molar-refractivity contribution is 7.99.